The van der Waals surface area contributed by atoms with Crippen LogP contribution in [0.1, 0.15) is 44.5 Å². The van der Waals surface area contributed by atoms with Gasteiger partial charge in [0.05, 0.1) is 5.41 Å². The van der Waals surface area contributed by atoms with Crippen LogP contribution < -0.4 is 10.9 Å². The highest BCUT2D eigenvalue weighted by Gasteiger charge is 2.46. The van der Waals surface area contributed by atoms with E-state index in [-0.39, 0.29) is 0 Å². The molecule has 3 aliphatic carbocycles. The van der Waals surface area contributed by atoms with E-state index in [0.29, 0.717) is 0 Å². The van der Waals surface area contributed by atoms with E-state index >= 15 is 0 Å². The van der Waals surface area contributed by atoms with Crippen LogP contribution in [0.2, 0.25) is 0 Å². The summed E-state index contributed by atoms with van der Waals surface area (Å²) in [7, 11) is 12.8. The van der Waals surface area contributed by atoms with Crippen molar-refractivity contribution in [2.45, 2.75) is 31.1 Å². The van der Waals surface area contributed by atoms with E-state index in [2.05, 4.69) is 60.7 Å². The minimum atomic E-state index is -0.398. The number of hydrogen-bond donors (Lipinski definition) is 0. The lowest BCUT2D eigenvalue weighted by Crippen LogP contribution is -2.31. The Kier molecular flexibility index (Phi) is 3.44. The van der Waals surface area contributed by atoms with Crippen molar-refractivity contribution in [2.75, 3.05) is 0 Å². The van der Waals surface area contributed by atoms with Crippen LogP contribution in [0.3, 0.4) is 0 Å². The first-order valence-corrected chi connectivity index (χ1v) is 11.2. The molecule has 0 fully saturated rings. The van der Waals surface area contributed by atoms with Gasteiger partial charge in [0.1, 0.15) is 15.7 Å². The molecular formula is C29H20B2. The number of benzene rings is 4. The van der Waals surface area contributed by atoms with Crippen molar-refractivity contribution in [2.24, 2.45) is 0 Å². The Bertz CT molecular complexity index is 1300. The lowest BCUT2D eigenvalue weighted by molar-refractivity contribution is 0.741. The molecule has 2 heteroatoms. The molecule has 4 aromatic carbocycles. The summed E-state index contributed by atoms with van der Waals surface area (Å²) in [6, 6.07) is 27.0. The molecule has 0 aromatic heterocycles. The van der Waals surface area contributed by atoms with Crippen molar-refractivity contribution < 1.29 is 0 Å². The van der Waals surface area contributed by atoms with E-state index in [1.54, 1.807) is 0 Å². The smallest absolute Gasteiger partial charge is 0.0963 e. The molecule has 0 heterocycles. The maximum atomic E-state index is 6.38. The van der Waals surface area contributed by atoms with Crippen LogP contribution >= 0.6 is 0 Å². The number of hydrogen-bond acceptors (Lipinski definition) is 0. The molecule has 31 heavy (non-hydrogen) atoms. The Morgan fingerprint density at radius 3 is 1.32 bits per heavy atom. The van der Waals surface area contributed by atoms with Gasteiger partial charge < -0.3 is 0 Å². The van der Waals surface area contributed by atoms with E-state index in [0.717, 1.165) is 23.8 Å². The highest BCUT2D eigenvalue weighted by molar-refractivity contribution is 6.33. The van der Waals surface area contributed by atoms with Crippen molar-refractivity contribution in [1.29, 1.82) is 0 Å². The molecule has 0 N–H and O–H groups in total. The van der Waals surface area contributed by atoms with Gasteiger partial charge in [0, 0.05) is 0 Å². The molecule has 0 aliphatic heterocycles. The molecule has 4 radical (unpaired) electrons. The monoisotopic (exact) mass is 390 g/mol. The Hall–Kier alpha value is -2.99. The third-order valence-electron chi connectivity index (χ3n) is 7.79. The van der Waals surface area contributed by atoms with Gasteiger partial charge in [-0.3, -0.25) is 0 Å². The Balaban J connectivity index is 1.65. The zero-order valence-corrected chi connectivity index (χ0v) is 17.4. The van der Waals surface area contributed by atoms with E-state index in [1.807, 2.05) is 12.1 Å². The molecule has 0 amide bonds. The topological polar surface area (TPSA) is 0 Å². The minimum Gasteiger partial charge on any atom is -0.0963 e. The normalized spacial score (nSPS) is 16.4. The standard InChI is InChI=1S/C29H20B2/c30-23-9-11-25-26-12-10-24(31)16-28(26)29(27(25)15-23,21-7-5-17-1-3-19(17)13-21)22-8-6-18-2-4-20(18)14-22/h5-16H,1-4H2. The van der Waals surface area contributed by atoms with Crippen molar-refractivity contribution in [3.8, 4) is 11.1 Å². The first kappa shape index (κ1) is 17.7. The Labute approximate surface area is 186 Å². The quantitative estimate of drug-likeness (QED) is 0.402. The molecule has 0 bridgehead atoms. The van der Waals surface area contributed by atoms with Gasteiger partial charge in [-0.15, -0.1) is 0 Å². The summed E-state index contributed by atoms with van der Waals surface area (Å²) in [5, 5.41) is 0. The predicted octanol–water partition coefficient (Wildman–Crippen LogP) is 3.83. The number of aryl methyl sites for hydroxylation is 4. The Morgan fingerprint density at radius 2 is 0.935 bits per heavy atom. The summed E-state index contributed by atoms with van der Waals surface area (Å²) in [6.07, 6.45) is 4.71. The van der Waals surface area contributed by atoms with Gasteiger partial charge in [-0.1, -0.05) is 83.7 Å². The van der Waals surface area contributed by atoms with Gasteiger partial charge in [-0.05, 0) is 81.3 Å². The SMILES string of the molecule is [B]c1ccc2c(c1)C(c1ccc3c(c1)CC3)(c1ccc3c(c1)CC3)c1cc([B])ccc1-2. The second-order valence-corrected chi connectivity index (χ2v) is 9.33. The van der Waals surface area contributed by atoms with Gasteiger partial charge in [0.25, 0.3) is 0 Å². The van der Waals surface area contributed by atoms with Gasteiger partial charge in [-0.2, -0.15) is 0 Å². The molecule has 0 saturated carbocycles. The zero-order chi connectivity index (χ0) is 20.7. The summed E-state index contributed by atoms with van der Waals surface area (Å²) >= 11 is 0. The first-order chi connectivity index (χ1) is 15.1. The molecule has 0 nitrogen and oxygen atoms in total. The molecule has 0 unspecified atom stereocenters. The predicted molar refractivity (Wildman–Crippen MR) is 129 cm³/mol. The van der Waals surface area contributed by atoms with E-state index in [1.165, 1.54) is 68.5 Å². The van der Waals surface area contributed by atoms with Gasteiger partial charge >= 0.3 is 0 Å². The van der Waals surface area contributed by atoms with Crippen LogP contribution in [0.4, 0.5) is 0 Å². The van der Waals surface area contributed by atoms with E-state index in [4.69, 9.17) is 15.7 Å². The van der Waals surface area contributed by atoms with Crippen LogP contribution in [0.5, 0.6) is 0 Å². The molecule has 7 rings (SSSR count). The van der Waals surface area contributed by atoms with Crippen LogP contribution in [-0.4, -0.2) is 15.7 Å². The second kappa shape index (κ2) is 6.04. The van der Waals surface area contributed by atoms with Gasteiger partial charge in [0.15, 0.2) is 0 Å². The van der Waals surface area contributed by atoms with Crippen LogP contribution in [-0.2, 0) is 31.1 Å². The first-order valence-electron chi connectivity index (χ1n) is 11.2. The molecule has 0 atom stereocenters. The zero-order valence-electron chi connectivity index (χ0n) is 17.4. The third kappa shape index (κ3) is 2.23. The average Bonchev–Trinajstić information content (AvgIpc) is 2.99. The molecule has 0 spiro atoms. The highest BCUT2D eigenvalue weighted by atomic mass is 14.5. The molecule has 0 saturated heterocycles. The fourth-order valence-electron chi connectivity index (χ4n) is 6.00. The summed E-state index contributed by atoms with van der Waals surface area (Å²) in [5.41, 5.74) is 14.8. The largest absolute Gasteiger partial charge is 0.113 e. The average molecular weight is 390 g/mol. The summed E-state index contributed by atoms with van der Waals surface area (Å²) in [5.74, 6) is 0. The van der Waals surface area contributed by atoms with Crippen LogP contribution in [0.15, 0.2) is 72.8 Å². The second-order valence-electron chi connectivity index (χ2n) is 9.33. The van der Waals surface area contributed by atoms with Crippen molar-refractivity contribution >= 4 is 26.6 Å². The fraction of sp³-hybridized carbons (Fsp3) is 0.172. The summed E-state index contributed by atoms with van der Waals surface area (Å²) < 4.78 is 0. The lowest BCUT2D eigenvalue weighted by Gasteiger charge is -2.37. The fourth-order valence-corrected chi connectivity index (χ4v) is 6.00. The minimum absolute atomic E-state index is 0.398. The maximum absolute atomic E-state index is 6.38. The van der Waals surface area contributed by atoms with Gasteiger partial charge in [0.2, 0.25) is 0 Å². The van der Waals surface area contributed by atoms with Crippen LogP contribution in [0, 0.1) is 0 Å². The van der Waals surface area contributed by atoms with Crippen molar-refractivity contribution in [3.05, 3.63) is 117 Å². The third-order valence-corrected chi connectivity index (χ3v) is 7.79. The highest BCUT2D eigenvalue weighted by Crippen LogP contribution is 2.56. The van der Waals surface area contributed by atoms with Crippen molar-refractivity contribution in [1.82, 2.24) is 0 Å². The molecule has 142 valence electrons. The van der Waals surface area contributed by atoms with Crippen LogP contribution in [0.25, 0.3) is 11.1 Å². The molecule has 3 aliphatic rings. The lowest BCUT2D eigenvalue weighted by atomic mass is 9.64. The van der Waals surface area contributed by atoms with Gasteiger partial charge in [-0.25, -0.2) is 0 Å². The number of rotatable bonds is 2. The molecular weight excluding hydrogens is 370 g/mol. The van der Waals surface area contributed by atoms with Crippen molar-refractivity contribution in [3.63, 3.8) is 0 Å². The van der Waals surface area contributed by atoms with E-state index in [9.17, 15) is 0 Å². The summed E-state index contributed by atoms with van der Waals surface area (Å²) in [4.78, 5) is 0. The maximum Gasteiger partial charge on any atom is 0.113 e. The summed E-state index contributed by atoms with van der Waals surface area (Å²) in [6.45, 7) is 0. The van der Waals surface area contributed by atoms with E-state index < -0.39 is 5.41 Å². The molecule has 4 aromatic rings. The Morgan fingerprint density at radius 1 is 0.484 bits per heavy atom. The number of fused-ring (bicyclic) bond motifs is 5.